The summed E-state index contributed by atoms with van der Waals surface area (Å²) in [5.74, 6) is 1.26. The van der Waals surface area contributed by atoms with Gasteiger partial charge in [-0.15, -0.1) is 0 Å². The maximum Gasteiger partial charge on any atom is 0.260 e. The summed E-state index contributed by atoms with van der Waals surface area (Å²) in [4.78, 5) is 28.7. The van der Waals surface area contributed by atoms with Gasteiger partial charge in [0.25, 0.3) is 5.91 Å². The molecule has 1 aromatic carbocycles. The van der Waals surface area contributed by atoms with E-state index in [1.54, 1.807) is 12.1 Å². The van der Waals surface area contributed by atoms with Gasteiger partial charge in [-0.3, -0.25) is 9.59 Å². The zero-order chi connectivity index (χ0) is 19.9. The molecule has 2 aliphatic rings. The van der Waals surface area contributed by atoms with Crippen LogP contribution in [0, 0.1) is 12.8 Å². The Balaban J connectivity index is 1.43. The molecule has 28 heavy (non-hydrogen) atoms. The minimum absolute atomic E-state index is 0.00134. The summed E-state index contributed by atoms with van der Waals surface area (Å²) in [5, 5.41) is 0.654. The number of aryl methyl sites for hydroxylation is 1. The molecule has 154 valence electrons. The van der Waals surface area contributed by atoms with Crippen molar-refractivity contribution in [2.45, 2.75) is 32.6 Å². The fourth-order valence-corrected chi connectivity index (χ4v) is 4.06. The second kappa shape index (κ2) is 10.1. The van der Waals surface area contributed by atoms with Gasteiger partial charge in [0.2, 0.25) is 5.91 Å². The van der Waals surface area contributed by atoms with Crippen molar-refractivity contribution in [3.63, 3.8) is 0 Å². The largest absolute Gasteiger partial charge is 0.483 e. The van der Waals surface area contributed by atoms with Crippen molar-refractivity contribution in [3.05, 3.63) is 28.8 Å². The molecule has 0 N–H and O–H groups in total. The van der Waals surface area contributed by atoms with E-state index < -0.39 is 0 Å². The zero-order valence-electron chi connectivity index (χ0n) is 16.5. The van der Waals surface area contributed by atoms with Crippen LogP contribution in [0.4, 0.5) is 0 Å². The lowest BCUT2D eigenvalue weighted by Crippen LogP contribution is -2.43. The van der Waals surface area contributed by atoms with Gasteiger partial charge in [0.15, 0.2) is 6.61 Å². The normalized spacial score (nSPS) is 20.1. The average Bonchev–Trinajstić information content (AvgIpc) is 2.72. The van der Waals surface area contributed by atoms with Gasteiger partial charge in [0.1, 0.15) is 5.75 Å². The predicted octanol–water partition coefficient (Wildman–Crippen LogP) is 2.90. The summed E-state index contributed by atoms with van der Waals surface area (Å²) in [6.45, 7) is 6.05. The molecule has 1 atom stereocenters. The number of carbonyl (C=O) groups is 2. The number of halogens is 1. The molecule has 6 nitrogen and oxygen atoms in total. The predicted molar refractivity (Wildman–Crippen MR) is 108 cm³/mol. The Labute approximate surface area is 171 Å². The van der Waals surface area contributed by atoms with Crippen molar-refractivity contribution in [1.82, 2.24) is 9.80 Å². The molecule has 2 fully saturated rings. The minimum Gasteiger partial charge on any atom is -0.483 e. The Bertz CT molecular complexity index is 691. The van der Waals surface area contributed by atoms with Crippen LogP contribution in [-0.2, 0) is 14.3 Å². The molecule has 2 saturated heterocycles. The van der Waals surface area contributed by atoms with Crippen molar-refractivity contribution < 1.29 is 19.1 Å². The fraction of sp³-hybridized carbons (Fsp3) is 0.619. The lowest BCUT2D eigenvalue weighted by molar-refractivity contribution is -0.136. The number of piperidine rings is 1. The SMILES string of the molecule is Cc1cc(Cl)ccc1OCC(=O)N1CCC[C@@H](CCC(=O)N2CCOCC2)C1. The number of hydrogen-bond acceptors (Lipinski definition) is 4. The maximum atomic E-state index is 12.6. The first-order chi connectivity index (χ1) is 13.5. The number of ether oxygens (including phenoxy) is 2. The molecule has 0 spiro atoms. The van der Waals surface area contributed by atoms with Crippen LogP contribution in [0.25, 0.3) is 0 Å². The smallest absolute Gasteiger partial charge is 0.260 e. The second-order valence-electron chi connectivity index (χ2n) is 7.58. The molecule has 0 aromatic heterocycles. The number of rotatable bonds is 6. The lowest BCUT2D eigenvalue weighted by atomic mass is 9.93. The molecular weight excluding hydrogens is 380 g/mol. The van der Waals surface area contributed by atoms with Gasteiger partial charge in [0.05, 0.1) is 13.2 Å². The summed E-state index contributed by atoms with van der Waals surface area (Å²) in [6, 6.07) is 5.38. The van der Waals surface area contributed by atoms with Crippen molar-refractivity contribution in [2.24, 2.45) is 5.92 Å². The molecule has 1 aromatic rings. The van der Waals surface area contributed by atoms with E-state index in [2.05, 4.69) is 0 Å². The highest BCUT2D eigenvalue weighted by Crippen LogP contribution is 2.24. The highest BCUT2D eigenvalue weighted by atomic mass is 35.5. The Morgan fingerprint density at radius 1 is 1.18 bits per heavy atom. The Hall–Kier alpha value is -1.79. The van der Waals surface area contributed by atoms with Gasteiger partial charge in [-0.05, 0) is 55.9 Å². The molecule has 2 aliphatic heterocycles. The van der Waals surface area contributed by atoms with Gasteiger partial charge in [-0.1, -0.05) is 11.6 Å². The highest BCUT2D eigenvalue weighted by Gasteiger charge is 2.25. The first kappa shape index (κ1) is 20.9. The third-order valence-electron chi connectivity index (χ3n) is 5.49. The summed E-state index contributed by atoms with van der Waals surface area (Å²) >= 11 is 5.96. The van der Waals surface area contributed by atoms with Crippen LogP contribution in [0.1, 0.15) is 31.2 Å². The third-order valence-corrected chi connectivity index (χ3v) is 5.73. The van der Waals surface area contributed by atoms with E-state index in [0.29, 0.717) is 56.0 Å². The Kier molecular flexibility index (Phi) is 7.57. The quantitative estimate of drug-likeness (QED) is 0.726. The van der Waals surface area contributed by atoms with E-state index >= 15 is 0 Å². The van der Waals surface area contributed by atoms with Crippen LogP contribution in [0.2, 0.25) is 5.02 Å². The number of carbonyl (C=O) groups excluding carboxylic acids is 2. The van der Waals surface area contributed by atoms with Crippen molar-refractivity contribution >= 4 is 23.4 Å². The van der Waals surface area contributed by atoms with Crippen LogP contribution >= 0.6 is 11.6 Å². The molecule has 3 rings (SSSR count). The first-order valence-electron chi connectivity index (χ1n) is 10.0. The molecule has 0 aliphatic carbocycles. The Morgan fingerprint density at radius 3 is 2.71 bits per heavy atom. The monoisotopic (exact) mass is 408 g/mol. The first-order valence-corrected chi connectivity index (χ1v) is 10.4. The van der Waals surface area contributed by atoms with E-state index in [0.717, 1.165) is 31.4 Å². The van der Waals surface area contributed by atoms with Gasteiger partial charge < -0.3 is 19.3 Å². The van der Waals surface area contributed by atoms with Gasteiger partial charge >= 0.3 is 0 Å². The summed E-state index contributed by atoms with van der Waals surface area (Å²) in [7, 11) is 0. The topological polar surface area (TPSA) is 59.1 Å². The van der Waals surface area contributed by atoms with Crippen LogP contribution in [0.3, 0.4) is 0 Å². The van der Waals surface area contributed by atoms with E-state index in [9.17, 15) is 9.59 Å². The van der Waals surface area contributed by atoms with E-state index in [1.807, 2.05) is 22.8 Å². The number of amides is 2. The van der Waals surface area contributed by atoms with Gasteiger partial charge in [-0.2, -0.15) is 0 Å². The molecule has 0 saturated carbocycles. The van der Waals surface area contributed by atoms with Crippen LogP contribution in [0.5, 0.6) is 5.75 Å². The van der Waals surface area contributed by atoms with Gasteiger partial charge in [0, 0.05) is 37.6 Å². The Morgan fingerprint density at radius 2 is 1.96 bits per heavy atom. The molecule has 0 unspecified atom stereocenters. The second-order valence-corrected chi connectivity index (χ2v) is 8.01. The lowest BCUT2D eigenvalue weighted by Gasteiger charge is -2.33. The maximum absolute atomic E-state index is 12.6. The van der Waals surface area contributed by atoms with Crippen LogP contribution in [-0.4, -0.2) is 67.6 Å². The van der Waals surface area contributed by atoms with Crippen LogP contribution in [0.15, 0.2) is 18.2 Å². The molecule has 0 radical (unpaired) electrons. The molecular formula is C21H29ClN2O4. The van der Waals surface area contributed by atoms with E-state index in [1.165, 1.54) is 0 Å². The minimum atomic E-state index is -0.00134. The number of hydrogen-bond donors (Lipinski definition) is 0. The molecule has 7 heteroatoms. The highest BCUT2D eigenvalue weighted by molar-refractivity contribution is 6.30. The summed E-state index contributed by atoms with van der Waals surface area (Å²) in [5.41, 5.74) is 0.915. The van der Waals surface area contributed by atoms with Crippen molar-refractivity contribution in [2.75, 3.05) is 46.0 Å². The van der Waals surface area contributed by atoms with Crippen molar-refractivity contribution in [1.29, 1.82) is 0 Å². The zero-order valence-corrected chi connectivity index (χ0v) is 17.2. The molecule has 2 heterocycles. The summed E-state index contributed by atoms with van der Waals surface area (Å²) < 4.78 is 11.0. The third kappa shape index (κ3) is 5.85. The van der Waals surface area contributed by atoms with Crippen LogP contribution < -0.4 is 4.74 Å². The molecule has 0 bridgehead atoms. The van der Waals surface area contributed by atoms with E-state index in [4.69, 9.17) is 21.1 Å². The van der Waals surface area contributed by atoms with Gasteiger partial charge in [-0.25, -0.2) is 0 Å². The summed E-state index contributed by atoms with van der Waals surface area (Å²) in [6.07, 6.45) is 3.42. The standard InChI is InChI=1S/C21H29ClN2O4/c1-16-13-18(22)5-6-19(16)28-15-21(26)24-8-2-3-17(14-24)4-7-20(25)23-9-11-27-12-10-23/h5-6,13,17H,2-4,7-12,14-15H2,1H3/t17-/m0/s1. The van der Waals surface area contributed by atoms with E-state index in [-0.39, 0.29) is 18.4 Å². The number of morpholine rings is 1. The average molecular weight is 409 g/mol. The fourth-order valence-electron chi connectivity index (χ4n) is 3.83. The number of likely N-dealkylation sites (tertiary alicyclic amines) is 1. The molecule has 2 amide bonds. The van der Waals surface area contributed by atoms with Crippen molar-refractivity contribution in [3.8, 4) is 5.75 Å². The number of benzene rings is 1. The number of nitrogens with zero attached hydrogens (tertiary/aromatic N) is 2.